The molecule has 1 radical (unpaired) electrons. The largest absolute Gasteiger partial charge is 0.317 e. The highest BCUT2D eigenvalue weighted by Gasteiger charge is 2.17. The van der Waals surface area contributed by atoms with E-state index in [9.17, 15) is 0 Å². The van der Waals surface area contributed by atoms with Crippen LogP contribution < -0.4 is 5.32 Å². The Balaban J connectivity index is 2.04. The zero-order valence-corrected chi connectivity index (χ0v) is 7.02. The van der Waals surface area contributed by atoms with Crippen LogP contribution in [0.25, 0.3) is 0 Å². The second-order valence-corrected chi connectivity index (χ2v) is 3.56. The molecule has 0 amide bonds. The molecule has 0 saturated carbocycles. The summed E-state index contributed by atoms with van der Waals surface area (Å²) < 4.78 is 0. The quantitative estimate of drug-likeness (QED) is 0.674. The van der Waals surface area contributed by atoms with Crippen molar-refractivity contribution in [3.63, 3.8) is 0 Å². The molecule has 0 unspecified atom stereocenters. The van der Waals surface area contributed by atoms with Gasteiger partial charge in [0.1, 0.15) is 5.01 Å². The van der Waals surface area contributed by atoms with Crippen molar-refractivity contribution < 1.29 is 0 Å². The molecule has 1 aliphatic rings. The zero-order valence-electron chi connectivity index (χ0n) is 6.21. The molecule has 2 rings (SSSR count). The number of rotatable bonds is 1. The second kappa shape index (κ2) is 3.28. The molecule has 1 saturated heterocycles. The molecule has 2 heterocycles. The molecule has 0 aromatic carbocycles. The normalized spacial score (nSPS) is 20.4. The van der Waals surface area contributed by atoms with Gasteiger partial charge in [-0.2, -0.15) is 0 Å². The fourth-order valence-electron chi connectivity index (χ4n) is 1.39. The molecule has 0 aliphatic carbocycles. The van der Waals surface area contributed by atoms with Crippen molar-refractivity contribution in [2.75, 3.05) is 13.1 Å². The third-order valence-corrected chi connectivity index (χ3v) is 2.83. The fourth-order valence-corrected chi connectivity index (χ4v) is 2.05. The first-order valence-corrected chi connectivity index (χ1v) is 4.68. The molecule has 1 N–H and O–H groups in total. The predicted molar refractivity (Wildman–Crippen MR) is 43.6 cm³/mol. The van der Waals surface area contributed by atoms with Crippen molar-refractivity contribution in [3.05, 3.63) is 10.5 Å². The molecule has 0 bridgehead atoms. The van der Waals surface area contributed by atoms with Gasteiger partial charge in [-0.25, -0.2) is 0 Å². The number of aromatic nitrogens is 2. The molecule has 3 nitrogen and oxygen atoms in total. The molecular weight excluding hydrogens is 158 g/mol. The SMILES string of the molecule is [c]1nnc(C2CCNCC2)s1. The van der Waals surface area contributed by atoms with Gasteiger partial charge in [0.25, 0.3) is 0 Å². The van der Waals surface area contributed by atoms with E-state index in [0.717, 1.165) is 18.1 Å². The van der Waals surface area contributed by atoms with Crippen molar-refractivity contribution in [2.24, 2.45) is 0 Å². The third kappa shape index (κ3) is 1.57. The lowest BCUT2D eigenvalue weighted by molar-refractivity contribution is 0.457. The maximum Gasteiger partial charge on any atom is 0.178 e. The summed E-state index contributed by atoms with van der Waals surface area (Å²) >= 11 is 1.55. The van der Waals surface area contributed by atoms with E-state index in [4.69, 9.17) is 0 Å². The van der Waals surface area contributed by atoms with Gasteiger partial charge in [-0.05, 0) is 25.9 Å². The van der Waals surface area contributed by atoms with Crippen molar-refractivity contribution in [1.82, 2.24) is 15.5 Å². The van der Waals surface area contributed by atoms with Crippen LogP contribution in [0.3, 0.4) is 0 Å². The first-order chi connectivity index (χ1) is 5.47. The van der Waals surface area contributed by atoms with Gasteiger partial charge in [-0.1, -0.05) is 11.3 Å². The molecule has 1 aromatic heterocycles. The summed E-state index contributed by atoms with van der Waals surface area (Å²) in [6.45, 7) is 2.23. The Morgan fingerprint density at radius 3 is 2.91 bits per heavy atom. The Labute approximate surface area is 69.8 Å². The first kappa shape index (κ1) is 7.18. The highest BCUT2D eigenvalue weighted by atomic mass is 32.1. The van der Waals surface area contributed by atoms with Crippen LogP contribution in [-0.2, 0) is 0 Å². The van der Waals surface area contributed by atoms with Crippen LogP contribution in [0.1, 0.15) is 23.8 Å². The van der Waals surface area contributed by atoms with Crippen molar-refractivity contribution in [1.29, 1.82) is 0 Å². The van der Waals surface area contributed by atoms with E-state index in [1.807, 2.05) is 0 Å². The van der Waals surface area contributed by atoms with E-state index >= 15 is 0 Å². The average molecular weight is 168 g/mol. The Morgan fingerprint density at radius 1 is 1.45 bits per heavy atom. The second-order valence-electron chi connectivity index (χ2n) is 2.76. The highest BCUT2D eigenvalue weighted by molar-refractivity contribution is 7.08. The zero-order chi connectivity index (χ0) is 7.52. The first-order valence-electron chi connectivity index (χ1n) is 3.87. The topological polar surface area (TPSA) is 37.8 Å². The summed E-state index contributed by atoms with van der Waals surface area (Å²) in [7, 11) is 0. The Hall–Kier alpha value is -0.480. The smallest absolute Gasteiger partial charge is 0.178 e. The summed E-state index contributed by atoms with van der Waals surface area (Å²) in [6, 6.07) is 0. The van der Waals surface area contributed by atoms with Crippen LogP contribution >= 0.6 is 11.3 Å². The molecule has 1 aliphatic heterocycles. The number of hydrogen-bond acceptors (Lipinski definition) is 4. The summed E-state index contributed by atoms with van der Waals surface area (Å²) in [4.78, 5) is 0. The minimum atomic E-state index is 0.639. The van der Waals surface area contributed by atoms with Gasteiger partial charge in [0.2, 0.25) is 0 Å². The van der Waals surface area contributed by atoms with Crippen LogP contribution in [0.2, 0.25) is 0 Å². The fraction of sp³-hybridized carbons (Fsp3) is 0.714. The van der Waals surface area contributed by atoms with Crippen molar-refractivity contribution >= 4 is 11.3 Å². The van der Waals surface area contributed by atoms with Gasteiger partial charge in [-0.3, -0.25) is 0 Å². The standard InChI is InChI=1S/C7H10N3S/c1-3-8-4-2-6(1)7-10-9-5-11-7/h6,8H,1-4H2. The van der Waals surface area contributed by atoms with Gasteiger partial charge in [0.15, 0.2) is 5.51 Å². The maximum absolute atomic E-state index is 4.03. The van der Waals surface area contributed by atoms with Gasteiger partial charge < -0.3 is 5.32 Å². The van der Waals surface area contributed by atoms with Gasteiger partial charge >= 0.3 is 0 Å². The molecule has 1 aromatic rings. The number of hydrogen-bond donors (Lipinski definition) is 1. The van der Waals surface area contributed by atoms with E-state index in [2.05, 4.69) is 21.0 Å². The maximum atomic E-state index is 4.03. The van der Waals surface area contributed by atoms with E-state index in [-0.39, 0.29) is 0 Å². The molecule has 11 heavy (non-hydrogen) atoms. The molecule has 0 atom stereocenters. The summed E-state index contributed by atoms with van der Waals surface area (Å²) in [5, 5.41) is 12.2. The molecule has 59 valence electrons. The number of piperidine rings is 1. The van der Waals surface area contributed by atoms with Crippen LogP contribution in [-0.4, -0.2) is 23.3 Å². The highest BCUT2D eigenvalue weighted by Crippen LogP contribution is 2.25. The molecular formula is C7H10N3S. The molecule has 0 spiro atoms. The van der Waals surface area contributed by atoms with Crippen LogP contribution in [0.4, 0.5) is 0 Å². The molecule has 4 heteroatoms. The lowest BCUT2D eigenvalue weighted by Crippen LogP contribution is -2.26. The number of nitrogens with one attached hydrogen (secondary N) is 1. The average Bonchev–Trinajstić information content (AvgIpc) is 2.58. The van der Waals surface area contributed by atoms with Gasteiger partial charge in [0.05, 0.1) is 0 Å². The van der Waals surface area contributed by atoms with Gasteiger partial charge in [-0.15, -0.1) is 10.2 Å². The summed E-state index contributed by atoms with van der Waals surface area (Å²) in [5.41, 5.74) is 2.79. The van der Waals surface area contributed by atoms with E-state index in [1.165, 1.54) is 12.8 Å². The lowest BCUT2D eigenvalue weighted by atomic mass is 9.99. The minimum Gasteiger partial charge on any atom is -0.317 e. The van der Waals surface area contributed by atoms with Crippen molar-refractivity contribution in [2.45, 2.75) is 18.8 Å². The van der Waals surface area contributed by atoms with E-state index in [0.29, 0.717) is 5.92 Å². The lowest BCUT2D eigenvalue weighted by Gasteiger charge is -2.19. The Kier molecular flexibility index (Phi) is 2.14. The monoisotopic (exact) mass is 168 g/mol. The van der Waals surface area contributed by atoms with Gasteiger partial charge in [0, 0.05) is 5.92 Å². The minimum absolute atomic E-state index is 0.639. The van der Waals surface area contributed by atoms with Crippen LogP contribution in [0, 0.1) is 5.51 Å². The predicted octanol–water partition coefficient (Wildman–Crippen LogP) is 0.805. The van der Waals surface area contributed by atoms with E-state index in [1.54, 1.807) is 11.3 Å². The molecule has 1 fully saturated rings. The van der Waals surface area contributed by atoms with Crippen molar-refractivity contribution in [3.8, 4) is 0 Å². The van der Waals surface area contributed by atoms with Crippen LogP contribution in [0.5, 0.6) is 0 Å². The summed E-state index contributed by atoms with van der Waals surface area (Å²) in [6.07, 6.45) is 2.39. The third-order valence-electron chi connectivity index (χ3n) is 2.03. The van der Waals surface area contributed by atoms with Crippen LogP contribution in [0.15, 0.2) is 0 Å². The Morgan fingerprint density at radius 2 is 2.27 bits per heavy atom. The van der Waals surface area contributed by atoms with E-state index < -0.39 is 0 Å². The summed E-state index contributed by atoms with van der Waals surface area (Å²) in [5.74, 6) is 0.639. The number of nitrogens with zero attached hydrogens (tertiary/aromatic N) is 2. The Bertz CT molecular complexity index is 203.